The molecule has 160 valence electrons. The highest BCUT2D eigenvalue weighted by molar-refractivity contribution is 6.30. The highest BCUT2D eigenvalue weighted by atomic mass is 35.5. The molecule has 1 heterocycles. The van der Waals surface area contributed by atoms with Gasteiger partial charge in [0.05, 0.1) is 11.6 Å². The lowest BCUT2D eigenvalue weighted by atomic mass is 9.96. The number of hydrogen-bond acceptors (Lipinski definition) is 4. The second-order valence-electron chi connectivity index (χ2n) is 8.09. The average molecular weight is 436 g/mol. The van der Waals surface area contributed by atoms with E-state index in [0.29, 0.717) is 17.2 Å². The first-order chi connectivity index (χ1) is 14.9. The van der Waals surface area contributed by atoms with Gasteiger partial charge < -0.3 is 14.4 Å². The number of benzene rings is 3. The number of hydrogen-bond donors (Lipinski definition) is 0. The summed E-state index contributed by atoms with van der Waals surface area (Å²) in [5.41, 5.74) is 5.10. The van der Waals surface area contributed by atoms with Crippen LogP contribution in [0.2, 0.25) is 5.02 Å². The maximum Gasteiger partial charge on any atom is 0.338 e. The van der Waals surface area contributed by atoms with Crippen molar-refractivity contribution in [2.24, 2.45) is 0 Å². The molecule has 0 N–H and O–H groups in total. The van der Waals surface area contributed by atoms with E-state index in [4.69, 9.17) is 21.1 Å². The van der Waals surface area contributed by atoms with Crippen LogP contribution in [0.1, 0.15) is 33.0 Å². The predicted molar refractivity (Wildman–Crippen MR) is 125 cm³/mol. The SMILES string of the molecule is Cc1cc(C)cc(OC[C@H]2[C@@H](COC(=O)c3cccc(Cl)c3)c3ccccc3N2C)c1. The van der Waals surface area contributed by atoms with Crippen molar-refractivity contribution in [2.75, 3.05) is 25.2 Å². The van der Waals surface area contributed by atoms with Crippen molar-refractivity contribution < 1.29 is 14.3 Å². The van der Waals surface area contributed by atoms with Gasteiger partial charge in [0.1, 0.15) is 19.0 Å². The number of ether oxygens (including phenoxy) is 2. The highest BCUT2D eigenvalue weighted by Gasteiger charge is 2.37. The minimum absolute atomic E-state index is 0.00948. The summed E-state index contributed by atoms with van der Waals surface area (Å²) in [5, 5.41) is 0.514. The van der Waals surface area contributed by atoms with Gasteiger partial charge in [0.15, 0.2) is 0 Å². The molecule has 3 aromatic carbocycles. The van der Waals surface area contributed by atoms with Crippen LogP contribution in [0.15, 0.2) is 66.7 Å². The topological polar surface area (TPSA) is 38.8 Å². The van der Waals surface area contributed by atoms with E-state index >= 15 is 0 Å². The fourth-order valence-corrected chi connectivity index (χ4v) is 4.46. The molecule has 4 rings (SSSR count). The van der Waals surface area contributed by atoms with Crippen molar-refractivity contribution >= 4 is 23.3 Å². The largest absolute Gasteiger partial charge is 0.491 e. The molecule has 5 heteroatoms. The molecular weight excluding hydrogens is 410 g/mol. The molecule has 0 aromatic heterocycles. The molecule has 0 spiro atoms. The molecule has 0 bridgehead atoms. The first-order valence-electron chi connectivity index (χ1n) is 10.4. The third-order valence-electron chi connectivity index (χ3n) is 5.75. The zero-order chi connectivity index (χ0) is 22.0. The maximum absolute atomic E-state index is 12.6. The van der Waals surface area contributed by atoms with E-state index in [2.05, 4.69) is 44.0 Å². The lowest BCUT2D eigenvalue weighted by Crippen LogP contribution is -2.38. The van der Waals surface area contributed by atoms with E-state index in [1.165, 1.54) is 11.1 Å². The summed E-state index contributed by atoms with van der Waals surface area (Å²) in [6.07, 6.45) is 0. The van der Waals surface area contributed by atoms with Crippen molar-refractivity contribution in [3.8, 4) is 5.75 Å². The van der Waals surface area contributed by atoms with Gasteiger partial charge in [0.2, 0.25) is 0 Å². The summed E-state index contributed by atoms with van der Waals surface area (Å²) >= 11 is 6.02. The molecule has 4 nitrogen and oxygen atoms in total. The summed E-state index contributed by atoms with van der Waals surface area (Å²) in [7, 11) is 2.06. The van der Waals surface area contributed by atoms with Crippen molar-refractivity contribution in [1.82, 2.24) is 0 Å². The minimum atomic E-state index is -0.372. The molecule has 3 aromatic rings. The molecule has 0 radical (unpaired) electrons. The number of carbonyl (C=O) groups excluding carboxylic acids is 1. The number of esters is 1. The van der Waals surface area contributed by atoms with Crippen LogP contribution in [0.4, 0.5) is 5.69 Å². The first-order valence-corrected chi connectivity index (χ1v) is 10.8. The molecular formula is C26H26ClNO3. The molecule has 0 saturated carbocycles. The standard InChI is InChI=1S/C26H26ClNO3/c1-17-11-18(2)13-21(12-17)30-16-25-23(22-9-4-5-10-24(22)28(25)3)15-31-26(29)19-7-6-8-20(27)14-19/h4-14,23,25H,15-16H2,1-3H3/t23-,25-/m0/s1. The van der Waals surface area contributed by atoms with Gasteiger partial charge in [-0.05, 0) is 66.9 Å². The molecule has 0 unspecified atom stereocenters. The van der Waals surface area contributed by atoms with E-state index in [0.717, 1.165) is 17.0 Å². The van der Waals surface area contributed by atoms with Crippen molar-refractivity contribution in [3.63, 3.8) is 0 Å². The molecule has 0 amide bonds. The lowest BCUT2D eigenvalue weighted by Gasteiger charge is -2.27. The molecule has 0 saturated heterocycles. The van der Waals surface area contributed by atoms with E-state index in [-0.39, 0.29) is 24.5 Å². The number of aryl methyl sites for hydroxylation is 2. The van der Waals surface area contributed by atoms with Gasteiger partial charge in [-0.3, -0.25) is 0 Å². The van der Waals surface area contributed by atoms with Crippen LogP contribution in [-0.2, 0) is 4.74 Å². The fraction of sp³-hybridized carbons (Fsp3) is 0.269. The molecule has 0 fully saturated rings. The second-order valence-corrected chi connectivity index (χ2v) is 8.52. The Balaban J connectivity index is 1.51. The zero-order valence-electron chi connectivity index (χ0n) is 18.0. The smallest absolute Gasteiger partial charge is 0.338 e. The van der Waals surface area contributed by atoms with Crippen LogP contribution in [0.25, 0.3) is 0 Å². The summed E-state index contributed by atoms with van der Waals surface area (Å²) in [6, 6.07) is 21.3. The van der Waals surface area contributed by atoms with E-state index < -0.39 is 0 Å². The normalized spacial score (nSPS) is 17.4. The van der Waals surface area contributed by atoms with E-state index in [1.54, 1.807) is 24.3 Å². The van der Waals surface area contributed by atoms with Gasteiger partial charge in [-0.2, -0.15) is 0 Å². The number of carbonyl (C=O) groups is 1. The monoisotopic (exact) mass is 435 g/mol. The van der Waals surface area contributed by atoms with Crippen LogP contribution in [-0.4, -0.2) is 32.3 Å². The second kappa shape index (κ2) is 9.03. The molecule has 31 heavy (non-hydrogen) atoms. The predicted octanol–water partition coefficient (Wildman–Crippen LogP) is 5.79. The highest BCUT2D eigenvalue weighted by Crippen LogP contribution is 2.40. The third kappa shape index (κ3) is 4.70. The van der Waals surface area contributed by atoms with E-state index in [1.807, 2.05) is 24.3 Å². The molecule has 2 atom stereocenters. The molecule has 1 aliphatic heterocycles. The van der Waals surface area contributed by atoms with Crippen LogP contribution < -0.4 is 9.64 Å². The summed E-state index contributed by atoms with van der Waals surface area (Å²) < 4.78 is 11.9. The Morgan fingerprint density at radius 1 is 0.968 bits per heavy atom. The van der Waals surface area contributed by atoms with Gasteiger partial charge in [-0.15, -0.1) is 0 Å². The van der Waals surface area contributed by atoms with Crippen LogP contribution in [0.5, 0.6) is 5.75 Å². The average Bonchev–Trinajstić information content (AvgIpc) is 3.01. The first kappa shape index (κ1) is 21.3. The fourth-order valence-electron chi connectivity index (χ4n) is 4.27. The van der Waals surface area contributed by atoms with Gasteiger partial charge in [-0.1, -0.05) is 41.9 Å². The van der Waals surface area contributed by atoms with Gasteiger partial charge in [0.25, 0.3) is 0 Å². The number of rotatable bonds is 6. The molecule has 0 aliphatic carbocycles. The number of halogens is 1. The summed E-state index contributed by atoms with van der Waals surface area (Å²) in [6.45, 7) is 4.89. The molecule has 1 aliphatic rings. The van der Waals surface area contributed by atoms with Gasteiger partial charge in [0, 0.05) is 23.7 Å². The Kier molecular flexibility index (Phi) is 6.19. The Morgan fingerprint density at radius 2 is 1.71 bits per heavy atom. The van der Waals surface area contributed by atoms with Crippen LogP contribution in [0, 0.1) is 13.8 Å². The number of nitrogens with zero attached hydrogens (tertiary/aromatic N) is 1. The quantitative estimate of drug-likeness (QED) is 0.459. The van der Waals surface area contributed by atoms with Crippen molar-refractivity contribution in [3.05, 3.63) is 94.0 Å². The van der Waals surface area contributed by atoms with Gasteiger partial charge >= 0.3 is 5.97 Å². The van der Waals surface area contributed by atoms with Crippen molar-refractivity contribution in [1.29, 1.82) is 0 Å². The maximum atomic E-state index is 12.6. The Bertz CT molecular complexity index is 1080. The van der Waals surface area contributed by atoms with Crippen LogP contribution >= 0.6 is 11.6 Å². The lowest BCUT2D eigenvalue weighted by molar-refractivity contribution is 0.0464. The van der Waals surface area contributed by atoms with Crippen LogP contribution in [0.3, 0.4) is 0 Å². The van der Waals surface area contributed by atoms with Crippen molar-refractivity contribution in [2.45, 2.75) is 25.8 Å². The number of fused-ring (bicyclic) bond motifs is 1. The Labute approximate surface area is 188 Å². The number of anilines is 1. The zero-order valence-corrected chi connectivity index (χ0v) is 18.7. The summed E-state index contributed by atoms with van der Waals surface area (Å²) in [4.78, 5) is 14.8. The third-order valence-corrected chi connectivity index (χ3v) is 5.98. The Hall–Kier alpha value is -2.98. The van der Waals surface area contributed by atoms with E-state index in [9.17, 15) is 4.79 Å². The number of para-hydroxylation sites is 1. The Morgan fingerprint density at radius 3 is 2.45 bits per heavy atom. The number of likely N-dealkylation sites (N-methyl/N-ethyl adjacent to an activating group) is 1. The van der Waals surface area contributed by atoms with Gasteiger partial charge in [-0.25, -0.2) is 4.79 Å². The minimum Gasteiger partial charge on any atom is -0.491 e. The summed E-state index contributed by atoms with van der Waals surface area (Å²) in [5.74, 6) is 0.496.